The number of benzene rings is 2. The zero-order valence-corrected chi connectivity index (χ0v) is 17.9. The number of rotatable bonds is 7. The molecule has 0 spiro atoms. The molecule has 3 heterocycles. The number of non-ortho nitro benzene ring substituents is 1. The van der Waals surface area contributed by atoms with Crippen molar-refractivity contribution in [3.05, 3.63) is 82.2 Å². The van der Waals surface area contributed by atoms with Gasteiger partial charge < -0.3 is 24.1 Å². The Morgan fingerprint density at radius 3 is 2.74 bits per heavy atom. The van der Waals surface area contributed by atoms with Crippen molar-refractivity contribution in [3.8, 4) is 5.69 Å². The van der Waals surface area contributed by atoms with Crippen molar-refractivity contribution >= 4 is 17.6 Å². The van der Waals surface area contributed by atoms with Gasteiger partial charge in [-0.3, -0.25) is 10.1 Å². The maximum atomic E-state index is 12.4. The molecule has 0 radical (unpaired) electrons. The zero-order valence-electron chi connectivity index (χ0n) is 17.9. The number of aromatic nitrogens is 3. The minimum absolute atomic E-state index is 0.0955. The molecule has 2 fully saturated rings. The first-order chi connectivity index (χ1) is 16.9. The molecule has 180 valence electrons. The summed E-state index contributed by atoms with van der Waals surface area (Å²) in [6.07, 6.45) is -4.47. The first-order valence-corrected chi connectivity index (χ1v) is 10.5. The van der Waals surface area contributed by atoms with Gasteiger partial charge in [0, 0.05) is 12.1 Å². The van der Waals surface area contributed by atoms with E-state index in [1.807, 2.05) is 0 Å². The van der Waals surface area contributed by atoms with Gasteiger partial charge >= 0.3 is 11.9 Å². The van der Waals surface area contributed by atoms with E-state index in [-0.39, 0.29) is 17.9 Å². The van der Waals surface area contributed by atoms with Gasteiger partial charge in [0.05, 0.1) is 29.0 Å². The number of nitrogens with zero attached hydrogens (tertiary/aromatic N) is 4. The number of nitro benzene ring substituents is 1. The van der Waals surface area contributed by atoms with E-state index in [0.717, 1.165) is 0 Å². The molecule has 0 unspecified atom stereocenters. The maximum Gasteiger partial charge on any atom is 0.350 e. The van der Waals surface area contributed by atoms with Crippen LogP contribution >= 0.6 is 0 Å². The number of aliphatic hydroxyl groups excluding tert-OH is 1. The summed E-state index contributed by atoms with van der Waals surface area (Å²) >= 11 is 0. The molecule has 35 heavy (non-hydrogen) atoms. The number of esters is 2. The topological polar surface area (TPSA) is 165 Å². The molecule has 1 aromatic heterocycles. The number of hydrogen-bond acceptors (Lipinski definition) is 11. The molecule has 2 aliphatic rings. The van der Waals surface area contributed by atoms with E-state index in [2.05, 4.69) is 10.3 Å². The van der Waals surface area contributed by atoms with Crippen molar-refractivity contribution in [1.29, 1.82) is 0 Å². The number of ether oxygens (including phenoxy) is 4. The number of nitro groups is 1. The third-order valence-corrected chi connectivity index (χ3v) is 5.50. The van der Waals surface area contributed by atoms with E-state index >= 15 is 0 Å². The van der Waals surface area contributed by atoms with Gasteiger partial charge in [0.25, 0.3) is 5.69 Å². The van der Waals surface area contributed by atoms with Gasteiger partial charge in [-0.05, 0) is 18.2 Å². The lowest BCUT2D eigenvalue weighted by Crippen LogP contribution is -2.35. The summed E-state index contributed by atoms with van der Waals surface area (Å²) in [6, 6.07) is 14.0. The minimum atomic E-state index is -1.36. The Kier molecular flexibility index (Phi) is 5.94. The van der Waals surface area contributed by atoms with Crippen molar-refractivity contribution in [2.24, 2.45) is 0 Å². The summed E-state index contributed by atoms with van der Waals surface area (Å²) in [4.78, 5) is 35.0. The fourth-order valence-electron chi connectivity index (χ4n) is 3.80. The Morgan fingerprint density at radius 2 is 1.97 bits per heavy atom. The number of carbonyl (C=O) groups is 2. The van der Waals surface area contributed by atoms with Crippen LogP contribution in [0.5, 0.6) is 0 Å². The Hall–Kier alpha value is -4.20. The van der Waals surface area contributed by atoms with Crippen LogP contribution in [0.15, 0.2) is 60.8 Å². The van der Waals surface area contributed by atoms with Crippen LogP contribution in [0.3, 0.4) is 0 Å². The molecule has 0 bridgehead atoms. The number of fused-ring (bicyclic) bond motifs is 1. The highest BCUT2D eigenvalue weighted by molar-refractivity contribution is 5.92. The third kappa shape index (κ3) is 4.47. The van der Waals surface area contributed by atoms with Crippen molar-refractivity contribution in [3.63, 3.8) is 0 Å². The molecule has 0 aliphatic carbocycles. The normalized spacial score (nSPS) is 25.2. The van der Waals surface area contributed by atoms with Gasteiger partial charge in [0.1, 0.15) is 17.9 Å². The second kappa shape index (κ2) is 9.21. The summed E-state index contributed by atoms with van der Waals surface area (Å²) in [7, 11) is 0. The van der Waals surface area contributed by atoms with E-state index < -0.39 is 47.6 Å². The second-order valence-corrected chi connectivity index (χ2v) is 7.80. The van der Waals surface area contributed by atoms with Gasteiger partial charge in [-0.15, -0.1) is 5.10 Å². The van der Waals surface area contributed by atoms with Crippen molar-refractivity contribution in [2.45, 2.75) is 37.3 Å². The van der Waals surface area contributed by atoms with Crippen LogP contribution in [-0.4, -0.2) is 67.7 Å². The van der Waals surface area contributed by atoms with Crippen LogP contribution in [0.25, 0.3) is 5.69 Å². The summed E-state index contributed by atoms with van der Waals surface area (Å²) in [5.74, 6) is -1.55. The molecule has 0 saturated carbocycles. The fraction of sp³-hybridized carbons (Fsp3) is 0.273. The van der Waals surface area contributed by atoms with Crippen LogP contribution in [0.4, 0.5) is 5.69 Å². The van der Waals surface area contributed by atoms with E-state index in [1.54, 1.807) is 24.3 Å². The summed E-state index contributed by atoms with van der Waals surface area (Å²) in [6.45, 7) is -0.126. The van der Waals surface area contributed by atoms with E-state index in [0.29, 0.717) is 11.4 Å². The Labute approximate surface area is 196 Å². The van der Waals surface area contributed by atoms with Crippen LogP contribution < -0.4 is 0 Å². The van der Waals surface area contributed by atoms with E-state index in [4.69, 9.17) is 18.9 Å². The SMILES string of the molecule is O=C(O[C@H]1C(=O)O[C@H]2[C@H](O)[C@@H](OCc3cn(-c4cccc([N+](=O)[O-])c4)nn3)O[C@H]21)c1ccccc1. The molecule has 0 amide bonds. The standard InChI is InChI=1S/C22H18N4O9/c27-16-17-18(19(21(29)33-17)34-20(28)12-5-2-1-3-6-12)35-22(16)32-11-13-10-25(24-23-13)14-7-4-8-15(9-14)26(30)31/h1-10,16-19,22,27H,11H2/t16-,17-,18+,19+,22-/m0/s1. The highest BCUT2D eigenvalue weighted by Gasteiger charge is 2.59. The van der Waals surface area contributed by atoms with Crippen molar-refractivity contribution in [2.75, 3.05) is 0 Å². The quantitative estimate of drug-likeness (QED) is 0.289. The predicted octanol–water partition coefficient (Wildman–Crippen LogP) is 0.929. The number of carbonyl (C=O) groups excluding carboxylic acids is 2. The molecule has 13 heteroatoms. The molecular formula is C22H18N4O9. The predicted molar refractivity (Wildman–Crippen MR) is 113 cm³/mol. The molecule has 2 aliphatic heterocycles. The number of aliphatic hydroxyl groups is 1. The van der Waals surface area contributed by atoms with Crippen LogP contribution in [0.1, 0.15) is 16.1 Å². The molecule has 2 saturated heterocycles. The molecule has 13 nitrogen and oxygen atoms in total. The molecular weight excluding hydrogens is 464 g/mol. The van der Waals surface area contributed by atoms with Gasteiger partial charge in [0.2, 0.25) is 6.10 Å². The van der Waals surface area contributed by atoms with Crippen molar-refractivity contribution in [1.82, 2.24) is 15.0 Å². The van der Waals surface area contributed by atoms with Crippen LogP contribution in [-0.2, 0) is 30.3 Å². The highest BCUT2D eigenvalue weighted by Crippen LogP contribution is 2.34. The summed E-state index contributed by atoms with van der Waals surface area (Å²) in [5.41, 5.74) is 0.942. The maximum absolute atomic E-state index is 12.4. The minimum Gasteiger partial charge on any atom is -0.454 e. The lowest BCUT2D eigenvalue weighted by Gasteiger charge is -2.18. The van der Waals surface area contributed by atoms with Crippen molar-refractivity contribution < 1.29 is 38.6 Å². The number of hydrogen-bond donors (Lipinski definition) is 1. The highest BCUT2D eigenvalue weighted by atomic mass is 16.7. The lowest BCUT2D eigenvalue weighted by molar-refractivity contribution is -0.384. The van der Waals surface area contributed by atoms with Crippen LogP contribution in [0, 0.1) is 10.1 Å². The summed E-state index contributed by atoms with van der Waals surface area (Å²) in [5, 5.41) is 29.4. The summed E-state index contributed by atoms with van der Waals surface area (Å²) < 4.78 is 23.0. The van der Waals surface area contributed by atoms with Crippen LogP contribution in [0.2, 0.25) is 0 Å². The molecule has 5 atom stereocenters. The smallest absolute Gasteiger partial charge is 0.350 e. The fourth-order valence-corrected chi connectivity index (χ4v) is 3.80. The first kappa shape index (κ1) is 22.6. The lowest BCUT2D eigenvalue weighted by atomic mass is 10.1. The molecule has 1 N–H and O–H groups in total. The largest absolute Gasteiger partial charge is 0.454 e. The van der Waals surface area contributed by atoms with E-state index in [1.165, 1.54) is 41.2 Å². The zero-order chi connectivity index (χ0) is 24.5. The third-order valence-electron chi connectivity index (χ3n) is 5.50. The van der Waals surface area contributed by atoms with Gasteiger partial charge in [0.15, 0.2) is 12.4 Å². The first-order valence-electron chi connectivity index (χ1n) is 10.5. The molecule has 2 aromatic carbocycles. The average Bonchev–Trinajstić information content (AvgIpc) is 3.55. The molecule has 5 rings (SSSR count). The average molecular weight is 482 g/mol. The second-order valence-electron chi connectivity index (χ2n) is 7.80. The monoisotopic (exact) mass is 482 g/mol. The van der Waals surface area contributed by atoms with E-state index in [9.17, 15) is 24.8 Å². The molecule has 3 aromatic rings. The Bertz CT molecular complexity index is 1260. The Balaban J connectivity index is 1.21. The van der Waals surface area contributed by atoms with Gasteiger partial charge in [-0.2, -0.15) is 0 Å². The van der Waals surface area contributed by atoms with Gasteiger partial charge in [-0.1, -0.05) is 29.5 Å². The van der Waals surface area contributed by atoms with Gasteiger partial charge in [-0.25, -0.2) is 14.3 Å². The Morgan fingerprint density at radius 1 is 1.17 bits per heavy atom.